The molecule has 0 aliphatic rings. The molecule has 152 valence electrons. The topological polar surface area (TPSA) is 72.7 Å². The number of carbonyl (C=O) groups excluding carboxylic acids is 1. The van der Waals surface area contributed by atoms with Gasteiger partial charge in [0.05, 0.1) is 11.8 Å². The van der Waals surface area contributed by atoms with E-state index in [1.807, 2.05) is 48.7 Å². The van der Waals surface area contributed by atoms with Crippen LogP contribution in [-0.2, 0) is 17.8 Å². The van der Waals surface area contributed by atoms with Gasteiger partial charge in [-0.1, -0.05) is 72.4 Å². The third-order valence-electron chi connectivity index (χ3n) is 4.50. The molecule has 1 amide bonds. The monoisotopic (exact) mass is 435 g/mol. The summed E-state index contributed by atoms with van der Waals surface area (Å²) in [5.41, 5.74) is 2.33. The second-order valence-electron chi connectivity index (χ2n) is 6.72. The average molecular weight is 436 g/mol. The van der Waals surface area contributed by atoms with Crippen molar-refractivity contribution in [2.75, 3.05) is 5.32 Å². The summed E-state index contributed by atoms with van der Waals surface area (Å²) in [5.74, 6) is 0.772. The number of amides is 1. The minimum absolute atomic E-state index is 0.103. The van der Waals surface area contributed by atoms with Gasteiger partial charge in [0.15, 0.2) is 10.3 Å². The van der Waals surface area contributed by atoms with Crippen LogP contribution in [0.2, 0.25) is 0 Å². The first-order valence-electron chi connectivity index (χ1n) is 9.56. The Kier molecular flexibility index (Phi) is 6.56. The van der Waals surface area contributed by atoms with E-state index in [4.69, 9.17) is 0 Å². The number of nitrogens with zero attached hydrogens (tertiary/aromatic N) is 4. The molecule has 1 unspecified atom stereocenters. The molecule has 0 fully saturated rings. The summed E-state index contributed by atoms with van der Waals surface area (Å²) in [6.45, 7) is 2.52. The molecule has 0 aliphatic heterocycles. The summed E-state index contributed by atoms with van der Waals surface area (Å²) in [4.78, 5) is 16.7. The highest BCUT2D eigenvalue weighted by Gasteiger charge is 2.21. The summed E-state index contributed by atoms with van der Waals surface area (Å²) in [5, 5.41) is 14.5. The summed E-state index contributed by atoms with van der Waals surface area (Å²) in [6, 6.07) is 20.4. The number of aromatic nitrogens is 4. The highest BCUT2D eigenvalue weighted by molar-refractivity contribution is 8.00. The number of thioether (sulfide) groups is 1. The van der Waals surface area contributed by atoms with Crippen molar-refractivity contribution in [3.63, 3.8) is 0 Å². The van der Waals surface area contributed by atoms with Crippen molar-refractivity contribution in [2.24, 2.45) is 0 Å². The number of anilines is 1. The van der Waals surface area contributed by atoms with Crippen molar-refractivity contribution in [2.45, 2.75) is 30.3 Å². The van der Waals surface area contributed by atoms with Gasteiger partial charge in [-0.3, -0.25) is 4.79 Å². The number of carbonyl (C=O) groups is 1. The van der Waals surface area contributed by atoms with Gasteiger partial charge in [0.1, 0.15) is 5.82 Å². The molecule has 0 spiro atoms. The van der Waals surface area contributed by atoms with Gasteiger partial charge < -0.3 is 9.88 Å². The normalized spacial score (nSPS) is 11.9. The van der Waals surface area contributed by atoms with Gasteiger partial charge in [-0.25, -0.2) is 4.98 Å². The Balaban J connectivity index is 1.56. The second kappa shape index (κ2) is 9.69. The number of hydrogen-bond donors (Lipinski definition) is 1. The van der Waals surface area contributed by atoms with Crippen molar-refractivity contribution >= 4 is 34.1 Å². The van der Waals surface area contributed by atoms with Crippen LogP contribution in [0.4, 0.5) is 5.13 Å². The number of hydrogen-bond acceptors (Lipinski definition) is 6. The van der Waals surface area contributed by atoms with E-state index < -0.39 is 0 Å². The molecule has 1 atom stereocenters. The van der Waals surface area contributed by atoms with Crippen LogP contribution in [0.25, 0.3) is 0 Å². The van der Waals surface area contributed by atoms with Crippen molar-refractivity contribution < 1.29 is 4.79 Å². The van der Waals surface area contributed by atoms with E-state index in [9.17, 15) is 4.79 Å². The minimum Gasteiger partial charge on any atom is -0.301 e. The van der Waals surface area contributed by atoms with Crippen molar-refractivity contribution in [3.05, 3.63) is 89.2 Å². The maximum absolute atomic E-state index is 12.6. The first-order chi connectivity index (χ1) is 14.7. The summed E-state index contributed by atoms with van der Waals surface area (Å²) in [7, 11) is 0. The third kappa shape index (κ3) is 5.14. The number of nitrogens with one attached hydrogen (secondary N) is 1. The van der Waals surface area contributed by atoms with Crippen LogP contribution in [0.3, 0.4) is 0 Å². The standard InChI is InChI=1S/C22H21N5OS2/c1-16(20(28)24-21-23-12-13-29-21)30-22-26-25-19(14-17-8-4-2-5-9-17)27(22)15-18-10-6-3-7-11-18/h2-13,16H,14-15H2,1H3,(H,23,24,28). The van der Waals surface area contributed by atoms with E-state index in [1.165, 1.54) is 28.7 Å². The Morgan fingerprint density at radius 1 is 1.07 bits per heavy atom. The van der Waals surface area contributed by atoms with Crippen LogP contribution in [0.1, 0.15) is 23.9 Å². The lowest BCUT2D eigenvalue weighted by Crippen LogP contribution is -2.23. The lowest BCUT2D eigenvalue weighted by atomic mass is 10.1. The molecule has 30 heavy (non-hydrogen) atoms. The van der Waals surface area contributed by atoms with E-state index in [1.54, 1.807) is 6.20 Å². The van der Waals surface area contributed by atoms with Crippen LogP contribution < -0.4 is 5.32 Å². The third-order valence-corrected chi connectivity index (χ3v) is 6.26. The number of thiazole rings is 1. The predicted octanol–water partition coefficient (Wildman–Crippen LogP) is 4.49. The van der Waals surface area contributed by atoms with Crippen molar-refractivity contribution in [1.82, 2.24) is 19.7 Å². The van der Waals surface area contributed by atoms with Gasteiger partial charge in [-0.2, -0.15) is 0 Å². The lowest BCUT2D eigenvalue weighted by Gasteiger charge is -2.13. The Morgan fingerprint density at radius 2 is 1.77 bits per heavy atom. The second-order valence-corrected chi connectivity index (χ2v) is 8.92. The first-order valence-corrected chi connectivity index (χ1v) is 11.3. The summed E-state index contributed by atoms with van der Waals surface area (Å²) >= 11 is 2.80. The molecule has 8 heteroatoms. The molecule has 0 saturated carbocycles. The SMILES string of the molecule is CC(Sc1nnc(Cc2ccccc2)n1Cc1ccccc1)C(=O)Nc1nccs1. The maximum Gasteiger partial charge on any atom is 0.239 e. The van der Waals surface area contributed by atoms with Crippen molar-refractivity contribution in [1.29, 1.82) is 0 Å². The molecule has 0 bridgehead atoms. The summed E-state index contributed by atoms with van der Waals surface area (Å²) < 4.78 is 2.10. The van der Waals surface area contributed by atoms with Crippen molar-refractivity contribution in [3.8, 4) is 0 Å². The first kappa shape index (κ1) is 20.3. The quantitative estimate of drug-likeness (QED) is 0.413. The van der Waals surface area contributed by atoms with Crippen LogP contribution in [0, 0.1) is 0 Å². The molecule has 0 aliphatic carbocycles. The van der Waals surface area contributed by atoms with Gasteiger partial charge in [0, 0.05) is 18.0 Å². The molecular weight excluding hydrogens is 414 g/mol. The molecule has 2 aromatic heterocycles. The number of benzene rings is 2. The molecule has 6 nitrogen and oxygen atoms in total. The Bertz CT molecular complexity index is 1080. The Morgan fingerprint density at radius 3 is 2.43 bits per heavy atom. The zero-order chi connectivity index (χ0) is 20.8. The molecule has 2 aromatic carbocycles. The molecule has 1 N–H and O–H groups in total. The largest absolute Gasteiger partial charge is 0.301 e. The smallest absolute Gasteiger partial charge is 0.239 e. The average Bonchev–Trinajstić information content (AvgIpc) is 3.41. The van der Waals surface area contributed by atoms with Crippen LogP contribution in [0.5, 0.6) is 0 Å². The molecule has 4 rings (SSSR count). The molecule has 4 aromatic rings. The summed E-state index contributed by atoms with van der Waals surface area (Å²) in [6.07, 6.45) is 2.35. The zero-order valence-electron chi connectivity index (χ0n) is 16.4. The predicted molar refractivity (Wildman–Crippen MR) is 121 cm³/mol. The zero-order valence-corrected chi connectivity index (χ0v) is 18.1. The molecule has 0 radical (unpaired) electrons. The number of rotatable bonds is 8. The molecule has 0 saturated heterocycles. The van der Waals surface area contributed by atoms with E-state index in [2.05, 4.69) is 49.3 Å². The van der Waals surface area contributed by atoms with Gasteiger partial charge in [-0.15, -0.1) is 21.5 Å². The van der Waals surface area contributed by atoms with E-state index >= 15 is 0 Å². The Labute approximate surface area is 183 Å². The lowest BCUT2D eigenvalue weighted by molar-refractivity contribution is -0.115. The molecular formula is C22H21N5OS2. The van der Waals surface area contributed by atoms with Gasteiger partial charge in [0.25, 0.3) is 0 Å². The fourth-order valence-electron chi connectivity index (χ4n) is 2.94. The van der Waals surface area contributed by atoms with Gasteiger partial charge in [0.2, 0.25) is 5.91 Å². The van der Waals surface area contributed by atoms with Crippen LogP contribution in [0.15, 0.2) is 77.4 Å². The maximum atomic E-state index is 12.6. The van der Waals surface area contributed by atoms with Gasteiger partial charge >= 0.3 is 0 Å². The van der Waals surface area contributed by atoms with E-state index in [-0.39, 0.29) is 11.2 Å². The van der Waals surface area contributed by atoms with Crippen LogP contribution >= 0.6 is 23.1 Å². The fraction of sp³-hybridized carbons (Fsp3) is 0.182. The highest BCUT2D eigenvalue weighted by atomic mass is 32.2. The van der Waals surface area contributed by atoms with E-state index in [0.29, 0.717) is 18.1 Å². The van der Waals surface area contributed by atoms with Gasteiger partial charge in [-0.05, 0) is 18.1 Å². The Hall–Kier alpha value is -2.97. The minimum atomic E-state index is -0.336. The van der Waals surface area contributed by atoms with E-state index in [0.717, 1.165) is 16.5 Å². The van der Waals surface area contributed by atoms with Crippen LogP contribution in [-0.4, -0.2) is 30.9 Å². The highest BCUT2D eigenvalue weighted by Crippen LogP contribution is 2.25. The fourth-order valence-corrected chi connectivity index (χ4v) is 4.34. The molecule has 2 heterocycles.